The first-order valence-electron chi connectivity index (χ1n) is 12.4. The number of nitrogens with one attached hydrogen (secondary N) is 2. The molecule has 0 saturated heterocycles. The maximum atomic E-state index is 14.0. The molecule has 37 heavy (non-hydrogen) atoms. The van der Waals surface area contributed by atoms with Gasteiger partial charge in [-0.3, -0.25) is 9.59 Å². The molecule has 2 aromatic rings. The van der Waals surface area contributed by atoms with E-state index in [2.05, 4.69) is 10.6 Å². The van der Waals surface area contributed by atoms with E-state index in [-0.39, 0.29) is 19.0 Å². The van der Waals surface area contributed by atoms with Gasteiger partial charge in [-0.05, 0) is 65.2 Å². The van der Waals surface area contributed by atoms with Crippen LogP contribution in [0.2, 0.25) is 0 Å². The number of nitrogens with zero attached hydrogens (tertiary/aromatic N) is 2. The lowest BCUT2D eigenvalue weighted by atomic mass is 9.95. The zero-order valence-corrected chi connectivity index (χ0v) is 22.8. The number of carbonyl (C=O) groups excluding carboxylic acids is 3. The highest BCUT2D eigenvalue weighted by Crippen LogP contribution is 2.27. The summed E-state index contributed by atoms with van der Waals surface area (Å²) in [5.74, 6) is -0.957. The molecular weight excluding hydrogens is 468 g/mol. The van der Waals surface area contributed by atoms with Crippen LogP contribution in [0, 0.1) is 25.2 Å². The lowest BCUT2D eigenvalue weighted by molar-refractivity contribution is -0.142. The molecule has 8 heteroatoms. The van der Waals surface area contributed by atoms with Crippen molar-refractivity contribution in [3.63, 3.8) is 0 Å². The van der Waals surface area contributed by atoms with Crippen molar-refractivity contribution in [1.29, 1.82) is 5.26 Å². The Labute approximate surface area is 220 Å². The van der Waals surface area contributed by atoms with E-state index >= 15 is 0 Å². The van der Waals surface area contributed by atoms with E-state index < -0.39 is 35.6 Å². The highest BCUT2D eigenvalue weighted by atomic mass is 16.6. The van der Waals surface area contributed by atoms with E-state index in [4.69, 9.17) is 4.74 Å². The molecule has 0 aromatic heterocycles. The van der Waals surface area contributed by atoms with Crippen molar-refractivity contribution >= 4 is 17.9 Å². The third-order valence-electron chi connectivity index (χ3n) is 5.51. The van der Waals surface area contributed by atoms with E-state index in [1.165, 1.54) is 4.90 Å². The van der Waals surface area contributed by atoms with Crippen molar-refractivity contribution in [2.24, 2.45) is 0 Å². The molecule has 198 valence electrons. The molecule has 0 radical (unpaired) electrons. The number of hydrogen-bond donors (Lipinski definition) is 2. The van der Waals surface area contributed by atoms with Crippen LogP contribution in [0.25, 0.3) is 0 Å². The highest BCUT2D eigenvalue weighted by Gasteiger charge is 2.37. The second kappa shape index (κ2) is 12.9. The first-order valence-corrected chi connectivity index (χ1v) is 12.4. The molecule has 8 nitrogen and oxygen atoms in total. The second-order valence-corrected chi connectivity index (χ2v) is 10.4. The minimum absolute atomic E-state index is 0.159. The maximum absolute atomic E-state index is 14.0. The van der Waals surface area contributed by atoms with Gasteiger partial charge < -0.3 is 20.3 Å². The summed E-state index contributed by atoms with van der Waals surface area (Å²) in [6.45, 7) is 12.3. The Bertz CT molecular complexity index is 1130. The van der Waals surface area contributed by atoms with Gasteiger partial charge in [0.05, 0.1) is 6.07 Å². The summed E-state index contributed by atoms with van der Waals surface area (Å²) >= 11 is 0. The zero-order chi connectivity index (χ0) is 27.8. The smallest absolute Gasteiger partial charge is 0.408 e. The van der Waals surface area contributed by atoms with Gasteiger partial charge in [-0.1, -0.05) is 54.1 Å². The Hall–Kier alpha value is -3.86. The Morgan fingerprint density at radius 3 is 2.22 bits per heavy atom. The largest absolute Gasteiger partial charge is 0.444 e. The molecule has 0 spiro atoms. The van der Waals surface area contributed by atoms with Gasteiger partial charge in [-0.15, -0.1) is 0 Å². The maximum Gasteiger partial charge on any atom is 0.408 e. The molecule has 0 bridgehead atoms. The van der Waals surface area contributed by atoms with Gasteiger partial charge >= 0.3 is 6.09 Å². The number of benzene rings is 2. The van der Waals surface area contributed by atoms with Gasteiger partial charge in [0.2, 0.25) is 11.8 Å². The normalized spacial score (nSPS) is 12.7. The fourth-order valence-corrected chi connectivity index (χ4v) is 4.02. The predicted molar refractivity (Wildman–Crippen MR) is 143 cm³/mol. The lowest BCUT2D eigenvalue weighted by Gasteiger charge is -2.34. The first-order chi connectivity index (χ1) is 17.3. The molecular formula is C29H38N4O4. The molecule has 0 aliphatic heterocycles. The predicted octanol–water partition coefficient (Wildman–Crippen LogP) is 4.36. The van der Waals surface area contributed by atoms with Crippen LogP contribution >= 0.6 is 0 Å². The zero-order valence-electron chi connectivity index (χ0n) is 22.8. The molecule has 0 aliphatic carbocycles. The van der Waals surface area contributed by atoms with E-state index in [0.717, 1.165) is 16.7 Å². The van der Waals surface area contributed by atoms with Gasteiger partial charge in [-0.25, -0.2) is 4.79 Å². The number of rotatable bonds is 9. The first kappa shape index (κ1) is 29.4. The molecule has 0 aliphatic rings. The highest BCUT2D eigenvalue weighted by molar-refractivity contribution is 5.92. The van der Waals surface area contributed by atoms with Crippen LogP contribution in [0.4, 0.5) is 4.79 Å². The van der Waals surface area contributed by atoms with Crippen LogP contribution in [-0.4, -0.2) is 47.0 Å². The number of alkyl carbamates (subject to hydrolysis) is 1. The fourth-order valence-electron chi connectivity index (χ4n) is 4.02. The summed E-state index contributed by atoms with van der Waals surface area (Å²) < 4.78 is 5.41. The number of carbonyl (C=O) groups is 3. The Morgan fingerprint density at radius 2 is 1.68 bits per heavy atom. The van der Waals surface area contributed by atoms with Gasteiger partial charge in [-0.2, -0.15) is 5.26 Å². The van der Waals surface area contributed by atoms with Crippen LogP contribution in [0.5, 0.6) is 0 Å². The lowest BCUT2D eigenvalue weighted by Crippen LogP contribution is -2.54. The molecule has 2 unspecified atom stereocenters. The number of nitriles is 1. The monoisotopic (exact) mass is 506 g/mol. The Kier molecular flexibility index (Phi) is 10.2. The van der Waals surface area contributed by atoms with Gasteiger partial charge in [0.25, 0.3) is 0 Å². The molecule has 2 rings (SSSR count). The van der Waals surface area contributed by atoms with Crippen molar-refractivity contribution in [3.8, 4) is 6.07 Å². The molecule has 0 heterocycles. The number of amides is 3. The second-order valence-electron chi connectivity index (χ2n) is 10.4. The fraction of sp³-hybridized carbons (Fsp3) is 0.448. The number of aryl methyl sites for hydroxylation is 2. The summed E-state index contributed by atoms with van der Waals surface area (Å²) in [6.07, 6.45) is -0.597. The van der Waals surface area contributed by atoms with Crippen LogP contribution in [0.3, 0.4) is 0 Å². The molecule has 2 atom stereocenters. The molecule has 0 fully saturated rings. The van der Waals surface area contributed by atoms with Crippen LogP contribution in [0.15, 0.2) is 48.5 Å². The van der Waals surface area contributed by atoms with Crippen LogP contribution < -0.4 is 10.6 Å². The minimum Gasteiger partial charge on any atom is -0.444 e. The quantitative estimate of drug-likeness (QED) is 0.491. The van der Waals surface area contributed by atoms with E-state index in [9.17, 15) is 19.6 Å². The molecule has 3 amide bonds. The van der Waals surface area contributed by atoms with Crippen molar-refractivity contribution in [3.05, 3.63) is 70.8 Å². The van der Waals surface area contributed by atoms with Crippen molar-refractivity contribution in [2.75, 3.05) is 6.54 Å². The summed E-state index contributed by atoms with van der Waals surface area (Å²) in [7, 11) is 0. The van der Waals surface area contributed by atoms with Crippen molar-refractivity contribution in [1.82, 2.24) is 15.5 Å². The van der Waals surface area contributed by atoms with Gasteiger partial charge in [0.15, 0.2) is 0 Å². The van der Waals surface area contributed by atoms with E-state index in [0.29, 0.717) is 5.56 Å². The van der Waals surface area contributed by atoms with E-state index in [1.807, 2.05) is 76.2 Å². The number of ether oxygens (including phenoxy) is 1. The Morgan fingerprint density at radius 1 is 1.03 bits per heavy atom. The van der Waals surface area contributed by atoms with Crippen LogP contribution in [-0.2, 0) is 20.7 Å². The van der Waals surface area contributed by atoms with E-state index in [1.54, 1.807) is 26.8 Å². The summed E-state index contributed by atoms with van der Waals surface area (Å²) in [5.41, 5.74) is 2.48. The van der Waals surface area contributed by atoms with Crippen molar-refractivity contribution in [2.45, 2.75) is 78.6 Å². The topological polar surface area (TPSA) is 112 Å². The summed E-state index contributed by atoms with van der Waals surface area (Å²) in [6, 6.07) is 14.6. The third-order valence-corrected chi connectivity index (χ3v) is 5.51. The standard InChI is InChI=1S/C29H38N4O4/c1-19(2)31-26(34)25(23-14-13-20(3)17-21(23)4)33(16-15-30)27(35)24(18-22-11-9-8-10-12-22)32-28(36)37-29(5,6)7/h8-14,17,19,24-25H,16,18H2,1-7H3,(H,31,34)(H,32,36). The summed E-state index contributed by atoms with van der Waals surface area (Å²) in [5, 5.41) is 15.2. The van der Waals surface area contributed by atoms with Crippen LogP contribution in [0.1, 0.15) is 62.9 Å². The third kappa shape index (κ3) is 8.94. The Balaban J connectivity index is 2.56. The molecule has 0 saturated carbocycles. The van der Waals surface area contributed by atoms with Crippen molar-refractivity contribution < 1.29 is 19.1 Å². The average Bonchev–Trinajstić information content (AvgIpc) is 2.78. The summed E-state index contributed by atoms with van der Waals surface area (Å²) in [4.78, 5) is 41.5. The number of hydrogen-bond acceptors (Lipinski definition) is 5. The average molecular weight is 507 g/mol. The SMILES string of the molecule is Cc1ccc(C(C(=O)NC(C)C)N(CC#N)C(=O)C(Cc2ccccc2)NC(=O)OC(C)(C)C)c(C)c1. The van der Waals surface area contributed by atoms with Gasteiger partial charge in [0, 0.05) is 12.5 Å². The molecule has 2 N–H and O–H groups in total. The van der Waals surface area contributed by atoms with Gasteiger partial charge in [0.1, 0.15) is 24.2 Å². The minimum atomic E-state index is -1.06. The molecule has 2 aromatic carbocycles.